The molecule has 1 aliphatic heterocycles. The van der Waals surface area contributed by atoms with Gasteiger partial charge < -0.3 is 15.1 Å². The lowest BCUT2D eigenvalue weighted by atomic mass is 9.84. The van der Waals surface area contributed by atoms with Gasteiger partial charge in [0.25, 0.3) is 0 Å². The number of likely N-dealkylation sites (tertiary alicyclic amines) is 1. The molecule has 1 aliphatic rings. The van der Waals surface area contributed by atoms with E-state index in [0.717, 1.165) is 29.6 Å². The van der Waals surface area contributed by atoms with Crippen molar-refractivity contribution < 1.29 is 10.2 Å². The zero-order chi connectivity index (χ0) is 18.9. The van der Waals surface area contributed by atoms with E-state index in [2.05, 4.69) is 48.2 Å². The highest BCUT2D eigenvalue weighted by molar-refractivity contribution is 5.83. The van der Waals surface area contributed by atoms with Gasteiger partial charge in [-0.05, 0) is 47.7 Å². The molecule has 0 unspecified atom stereocenters. The van der Waals surface area contributed by atoms with Crippen molar-refractivity contribution in [3.05, 3.63) is 83.4 Å². The second-order valence-electron chi connectivity index (χ2n) is 7.82. The predicted molar refractivity (Wildman–Crippen MR) is 110 cm³/mol. The van der Waals surface area contributed by atoms with E-state index in [1.54, 1.807) is 0 Å². The van der Waals surface area contributed by atoms with E-state index in [1.165, 1.54) is 10.9 Å². The van der Waals surface area contributed by atoms with Crippen LogP contribution >= 0.6 is 0 Å². The highest BCUT2D eigenvalue weighted by atomic mass is 16.3. The van der Waals surface area contributed by atoms with Crippen molar-refractivity contribution >= 4 is 10.8 Å². The van der Waals surface area contributed by atoms with Crippen LogP contribution in [0.5, 0.6) is 0 Å². The Morgan fingerprint density at radius 1 is 0.926 bits per heavy atom. The number of rotatable bonds is 4. The Morgan fingerprint density at radius 2 is 1.67 bits per heavy atom. The number of aliphatic hydroxyl groups is 2. The normalized spacial score (nSPS) is 18.5. The fourth-order valence-corrected chi connectivity index (χ4v) is 4.09. The molecule has 27 heavy (non-hydrogen) atoms. The van der Waals surface area contributed by atoms with Crippen LogP contribution in [0.2, 0.25) is 0 Å². The Morgan fingerprint density at radius 3 is 2.41 bits per heavy atom. The maximum absolute atomic E-state index is 11.1. The number of piperidine rings is 1. The van der Waals surface area contributed by atoms with Gasteiger partial charge in [0.1, 0.15) is 0 Å². The molecule has 3 aromatic rings. The molecule has 0 radical (unpaired) electrons. The minimum absolute atomic E-state index is 0.514. The van der Waals surface area contributed by atoms with Crippen LogP contribution in [0, 0.1) is 6.92 Å². The summed E-state index contributed by atoms with van der Waals surface area (Å²) >= 11 is 0. The lowest BCUT2D eigenvalue weighted by Gasteiger charge is -2.39. The predicted octanol–water partition coefficient (Wildman–Crippen LogP) is 4.17. The molecule has 0 bridgehead atoms. The molecule has 2 N–H and O–H groups in total. The summed E-state index contributed by atoms with van der Waals surface area (Å²) in [4.78, 5) is 2.25. The van der Waals surface area contributed by atoms with E-state index in [1.807, 2.05) is 30.3 Å². The SMILES string of the molecule is Cc1cccc(C2(O)CCN(C[C@@H](O)c3ccc4ccccc4c3)CC2)c1. The van der Waals surface area contributed by atoms with Gasteiger partial charge in [0.15, 0.2) is 0 Å². The van der Waals surface area contributed by atoms with Crippen LogP contribution in [0.4, 0.5) is 0 Å². The summed E-state index contributed by atoms with van der Waals surface area (Å²) in [7, 11) is 0. The molecule has 1 atom stereocenters. The molecule has 0 aliphatic carbocycles. The third kappa shape index (κ3) is 3.91. The number of hydrogen-bond acceptors (Lipinski definition) is 3. The van der Waals surface area contributed by atoms with E-state index in [4.69, 9.17) is 0 Å². The summed E-state index contributed by atoms with van der Waals surface area (Å²) < 4.78 is 0. The lowest BCUT2D eigenvalue weighted by Crippen LogP contribution is -2.44. The van der Waals surface area contributed by atoms with Crippen molar-refractivity contribution in [1.29, 1.82) is 0 Å². The first kappa shape index (κ1) is 18.2. The Bertz CT molecular complexity index is 928. The minimum atomic E-state index is -0.754. The summed E-state index contributed by atoms with van der Waals surface area (Å²) in [5.74, 6) is 0. The average Bonchev–Trinajstić information content (AvgIpc) is 2.69. The zero-order valence-electron chi connectivity index (χ0n) is 15.8. The van der Waals surface area contributed by atoms with Crippen LogP contribution in [0.15, 0.2) is 66.7 Å². The fraction of sp³-hybridized carbons (Fsp3) is 0.333. The fourth-order valence-electron chi connectivity index (χ4n) is 4.09. The number of aryl methyl sites for hydroxylation is 1. The number of hydrogen-bond donors (Lipinski definition) is 2. The van der Waals surface area contributed by atoms with Gasteiger partial charge in [-0.15, -0.1) is 0 Å². The quantitative estimate of drug-likeness (QED) is 0.733. The summed E-state index contributed by atoms with van der Waals surface area (Å²) in [5.41, 5.74) is 2.39. The minimum Gasteiger partial charge on any atom is -0.387 e. The smallest absolute Gasteiger partial charge is 0.0921 e. The molecule has 3 heteroatoms. The monoisotopic (exact) mass is 361 g/mol. The zero-order valence-corrected chi connectivity index (χ0v) is 15.8. The molecule has 1 fully saturated rings. The Labute approximate surface area is 160 Å². The molecule has 0 amide bonds. The van der Waals surface area contributed by atoms with Gasteiger partial charge in [-0.25, -0.2) is 0 Å². The molecule has 3 aromatic carbocycles. The van der Waals surface area contributed by atoms with Gasteiger partial charge in [0.05, 0.1) is 11.7 Å². The molecule has 0 spiro atoms. The van der Waals surface area contributed by atoms with Crippen LogP contribution in [0.1, 0.15) is 35.6 Å². The third-order valence-corrected chi connectivity index (χ3v) is 5.83. The van der Waals surface area contributed by atoms with Crippen molar-refractivity contribution in [3.63, 3.8) is 0 Å². The molecule has 1 saturated heterocycles. The van der Waals surface area contributed by atoms with Crippen LogP contribution in [0.3, 0.4) is 0 Å². The second-order valence-corrected chi connectivity index (χ2v) is 7.82. The Hall–Kier alpha value is -2.20. The van der Waals surface area contributed by atoms with Crippen molar-refractivity contribution in [2.45, 2.75) is 31.5 Å². The van der Waals surface area contributed by atoms with Crippen molar-refractivity contribution in [2.24, 2.45) is 0 Å². The van der Waals surface area contributed by atoms with Gasteiger partial charge in [-0.3, -0.25) is 0 Å². The maximum Gasteiger partial charge on any atom is 0.0921 e. The van der Waals surface area contributed by atoms with Crippen LogP contribution < -0.4 is 0 Å². The molecular weight excluding hydrogens is 334 g/mol. The summed E-state index contributed by atoms with van der Waals surface area (Å²) in [6.45, 7) is 4.23. The number of nitrogens with zero attached hydrogens (tertiary/aromatic N) is 1. The number of β-amino-alcohol motifs (C(OH)–C–C–N with tert-alkyl or cyclic N) is 1. The molecular formula is C24H27NO2. The molecule has 0 saturated carbocycles. The van der Waals surface area contributed by atoms with Gasteiger partial charge in [-0.2, -0.15) is 0 Å². The third-order valence-electron chi connectivity index (χ3n) is 5.83. The van der Waals surface area contributed by atoms with Crippen molar-refractivity contribution in [1.82, 2.24) is 4.90 Å². The van der Waals surface area contributed by atoms with E-state index >= 15 is 0 Å². The van der Waals surface area contributed by atoms with Gasteiger partial charge >= 0.3 is 0 Å². The highest BCUT2D eigenvalue weighted by Gasteiger charge is 2.34. The highest BCUT2D eigenvalue weighted by Crippen LogP contribution is 2.34. The first-order valence-corrected chi connectivity index (χ1v) is 9.72. The average molecular weight is 361 g/mol. The Kier molecular flexibility index (Phi) is 5.00. The Balaban J connectivity index is 1.41. The number of fused-ring (bicyclic) bond motifs is 1. The first-order chi connectivity index (χ1) is 13.0. The van der Waals surface area contributed by atoms with Crippen LogP contribution in [0.25, 0.3) is 10.8 Å². The molecule has 140 valence electrons. The molecule has 3 nitrogen and oxygen atoms in total. The van der Waals surface area contributed by atoms with Gasteiger partial charge in [-0.1, -0.05) is 66.2 Å². The number of benzene rings is 3. The van der Waals surface area contributed by atoms with E-state index in [9.17, 15) is 10.2 Å². The lowest BCUT2D eigenvalue weighted by molar-refractivity contribution is -0.0345. The van der Waals surface area contributed by atoms with E-state index < -0.39 is 11.7 Å². The van der Waals surface area contributed by atoms with Gasteiger partial charge in [0, 0.05) is 19.6 Å². The maximum atomic E-state index is 11.1. The van der Waals surface area contributed by atoms with Crippen LogP contribution in [-0.2, 0) is 5.60 Å². The second kappa shape index (κ2) is 7.43. The summed E-state index contributed by atoms with van der Waals surface area (Å²) in [6.07, 6.45) is 0.877. The first-order valence-electron chi connectivity index (χ1n) is 9.72. The number of aliphatic hydroxyl groups excluding tert-OH is 1. The topological polar surface area (TPSA) is 43.7 Å². The largest absolute Gasteiger partial charge is 0.387 e. The molecule has 1 heterocycles. The summed E-state index contributed by atoms with van der Waals surface area (Å²) in [6, 6.07) is 22.5. The standard InChI is InChI=1S/C24H27NO2/c1-18-5-4-8-22(15-18)24(27)11-13-25(14-12-24)17-23(26)21-10-9-19-6-2-3-7-20(19)16-21/h2-10,15-16,23,26-27H,11-14,17H2,1H3/t23-/m1/s1. The van der Waals surface area contributed by atoms with E-state index in [-0.39, 0.29) is 0 Å². The van der Waals surface area contributed by atoms with E-state index in [0.29, 0.717) is 19.4 Å². The van der Waals surface area contributed by atoms with Crippen molar-refractivity contribution in [3.8, 4) is 0 Å². The van der Waals surface area contributed by atoms with Crippen LogP contribution in [-0.4, -0.2) is 34.7 Å². The van der Waals surface area contributed by atoms with Crippen molar-refractivity contribution in [2.75, 3.05) is 19.6 Å². The van der Waals surface area contributed by atoms with Gasteiger partial charge in [0.2, 0.25) is 0 Å². The summed E-state index contributed by atoms with van der Waals surface area (Å²) in [5, 5.41) is 24.1. The molecule has 4 rings (SSSR count). The molecule has 0 aromatic heterocycles.